The third-order valence-corrected chi connectivity index (χ3v) is 1.27. The molecule has 0 aromatic rings. The molecule has 2 heteroatoms. The summed E-state index contributed by atoms with van der Waals surface area (Å²) in [4.78, 5) is 4.84. The topological polar surface area (TPSA) is 21.3 Å². The van der Waals surface area contributed by atoms with E-state index in [1.54, 1.807) is 13.3 Å². The van der Waals surface area contributed by atoms with Gasteiger partial charge in [0.25, 0.3) is 0 Å². The number of hydrogen-bond acceptors (Lipinski definition) is 2. The van der Waals surface area contributed by atoms with Crippen molar-refractivity contribution in [1.29, 1.82) is 0 Å². The first kappa shape index (κ1) is 8.50. The average Bonchev–Trinajstić information content (AvgIpc) is 1.82. The van der Waals surface area contributed by atoms with Crippen LogP contribution in [-0.2, 0) is 4.84 Å². The molecule has 0 saturated heterocycles. The first-order chi connectivity index (χ1) is 4.18. The summed E-state index contributed by atoms with van der Waals surface area (Å²) in [6, 6.07) is 0. The van der Waals surface area contributed by atoms with E-state index in [1.807, 2.05) is 6.92 Å². The maximum atomic E-state index is 4.84. The SMILES string of the molecule is CNO/C=C(\C)C(C)C. The number of hydrogen-bond donors (Lipinski definition) is 1. The number of allylic oxidation sites excluding steroid dienone is 1. The van der Waals surface area contributed by atoms with Crippen LogP contribution in [0.4, 0.5) is 0 Å². The molecular formula is C7H15NO. The van der Waals surface area contributed by atoms with Crippen molar-refractivity contribution < 1.29 is 4.84 Å². The van der Waals surface area contributed by atoms with Gasteiger partial charge >= 0.3 is 0 Å². The van der Waals surface area contributed by atoms with Crippen molar-refractivity contribution in [2.24, 2.45) is 5.92 Å². The highest BCUT2D eigenvalue weighted by molar-refractivity contribution is 4.95. The summed E-state index contributed by atoms with van der Waals surface area (Å²) < 4.78 is 0. The Kier molecular flexibility index (Phi) is 4.14. The highest BCUT2D eigenvalue weighted by Crippen LogP contribution is 2.06. The van der Waals surface area contributed by atoms with Crippen LogP contribution in [-0.4, -0.2) is 7.05 Å². The second kappa shape index (κ2) is 4.39. The molecule has 0 saturated carbocycles. The van der Waals surface area contributed by atoms with Crippen LogP contribution in [0.25, 0.3) is 0 Å². The number of rotatable bonds is 3. The van der Waals surface area contributed by atoms with Gasteiger partial charge in [-0.25, -0.2) is 0 Å². The first-order valence-electron chi connectivity index (χ1n) is 3.17. The predicted molar refractivity (Wildman–Crippen MR) is 38.7 cm³/mol. The van der Waals surface area contributed by atoms with Crippen molar-refractivity contribution in [3.63, 3.8) is 0 Å². The zero-order chi connectivity index (χ0) is 7.28. The maximum absolute atomic E-state index is 4.84. The molecular weight excluding hydrogens is 114 g/mol. The molecule has 0 bridgehead atoms. The van der Waals surface area contributed by atoms with E-state index in [-0.39, 0.29) is 0 Å². The minimum Gasteiger partial charge on any atom is -0.417 e. The molecule has 0 amide bonds. The lowest BCUT2D eigenvalue weighted by atomic mass is 10.1. The van der Waals surface area contributed by atoms with Gasteiger partial charge in [-0.3, -0.25) is 0 Å². The van der Waals surface area contributed by atoms with Crippen molar-refractivity contribution in [2.75, 3.05) is 7.05 Å². The van der Waals surface area contributed by atoms with Crippen molar-refractivity contribution in [2.45, 2.75) is 20.8 Å². The van der Waals surface area contributed by atoms with E-state index < -0.39 is 0 Å². The molecule has 54 valence electrons. The van der Waals surface area contributed by atoms with Gasteiger partial charge in [-0.1, -0.05) is 13.8 Å². The molecule has 0 heterocycles. The molecule has 0 aliphatic rings. The van der Waals surface area contributed by atoms with E-state index in [0.717, 1.165) is 0 Å². The summed E-state index contributed by atoms with van der Waals surface area (Å²) in [5, 5.41) is 0. The van der Waals surface area contributed by atoms with Crippen LogP contribution in [0.5, 0.6) is 0 Å². The van der Waals surface area contributed by atoms with Gasteiger partial charge in [-0.05, 0) is 18.4 Å². The molecule has 9 heavy (non-hydrogen) atoms. The maximum Gasteiger partial charge on any atom is 0.110 e. The zero-order valence-corrected chi connectivity index (χ0v) is 6.56. The molecule has 0 unspecified atom stereocenters. The molecule has 1 N–H and O–H groups in total. The van der Waals surface area contributed by atoms with Gasteiger partial charge in [0.1, 0.15) is 6.26 Å². The lowest BCUT2D eigenvalue weighted by Crippen LogP contribution is -2.02. The van der Waals surface area contributed by atoms with Gasteiger partial charge in [-0.2, -0.15) is 5.48 Å². The lowest BCUT2D eigenvalue weighted by Gasteiger charge is -2.03. The van der Waals surface area contributed by atoms with Crippen LogP contribution >= 0.6 is 0 Å². The second-order valence-electron chi connectivity index (χ2n) is 2.34. The molecule has 2 nitrogen and oxygen atoms in total. The van der Waals surface area contributed by atoms with E-state index in [0.29, 0.717) is 5.92 Å². The third kappa shape index (κ3) is 4.03. The zero-order valence-electron chi connectivity index (χ0n) is 6.56. The molecule has 0 spiro atoms. The third-order valence-electron chi connectivity index (χ3n) is 1.27. The number of nitrogens with one attached hydrogen (secondary N) is 1. The predicted octanol–water partition coefficient (Wildman–Crippen LogP) is 1.70. The Hall–Kier alpha value is -0.500. The van der Waals surface area contributed by atoms with Gasteiger partial charge < -0.3 is 4.84 Å². The van der Waals surface area contributed by atoms with Crippen LogP contribution in [0.3, 0.4) is 0 Å². The molecule has 0 rings (SSSR count). The standard InChI is InChI=1S/C7H15NO/c1-6(2)7(3)5-9-8-4/h5-6,8H,1-4H3/b7-5+. The minimum atomic E-state index is 0.568. The highest BCUT2D eigenvalue weighted by Gasteiger charge is 1.94. The van der Waals surface area contributed by atoms with E-state index in [4.69, 9.17) is 4.84 Å². The summed E-state index contributed by atoms with van der Waals surface area (Å²) in [6.07, 6.45) is 1.73. The molecule has 0 aromatic carbocycles. The Bertz CT molecular complexity index is 97.1. The Labute approximate surface area is 56.9 Å². The Balaban J connectivity index is 3.55. The summed E-state index contributed by atoms with van der Waals surface area (Å²) in [6.45, 7) is 6.30. The van der Waals surface area contributed by atoms with Crippen LogP contribution in [0.15, 0.2) is 11.8 Å². The van der Waals surface area contributed by atoms with E-state index in [1.165, 1.54) is 5.57 Å². The fourth-order valence-electron chi connectivity index (χ4n) is 0.288. The molecule has 0 aliphatic heterocycles. The van der Waals surface area contributed by atoms with Gasteiger partial charge in [0.2, 0.25) is 0 Å². The highest BCUT2D eigenvalue weighted by atomic mass is 16.6. The van der Waals surface area contributed by atoms with Gasteiger partial charge in [0.05, 0.1) is 0 Å². The second-order valence-corrected chi connectivity index (χ2v) is 2.34. The van der Waals surface area contributed by atoms with Crippen molar-refractivity contribution in [3.05, 3.63) is 11.8 Å². The first-order valence-corrected chi connectivity index (χ1v) is 3.17. The number of hydroxylamine groups is 1. The van der Waals surface area contributed by atoms with Crippen LogP contribution in [0.1, 0.15) is 20.8 Å². The molecule has 0 radical (unpaired) electrons. The van der Waals surface area contributed by atoms with Crippen molar-refractivity contribution >= 4 is 0 Å². The molecule has 0 aliphatic carbocycles. The van der Waals surface area contributed by atoms with Crippen molar-refractivity contribution in [1.82, 2.24) is 5.48 Å². The van der Waals surface area contributed by atoms with Crippen LogP contribution in [0.2, 0.25) is 0 Å². The van der Waals surface area contributed by atoms with Crippen molar-refractivity contribution in [3.8, 4) is 0 Å². The van der Waals surface area contributed by atoms with Gasteiger partial charge in [-0.15, -0.1) is 0 Å². The van der Waals surface area contributed by atoms with Crippen LogP contribution in [0, 0.1) is 5.92 Å². The molecule has 0 aromatic heterocycles. The largest absolute Gasteiger partial charge is 0.417 e. The normalized spacial score (nSPS) is 12.3. The summed E-state index contributed by atoms with van der Waals surface area (Å²) in [7, 11) is 1.74. The van der Waals surface area contributed by atoms with Gasteiger partial charge in [0, 0.05) is 7.05 Å². The monoisotopic (exact) mass is 129 g/mol. The fourth-order valence-corrected chi connectivity index (χ4v) is 0.288. The summed E-state index contributed by atoms with van der Waals surface area (Å²) >= 11 is 0. The Morgan fingerprint density at radius 3 is 2.44 bits per heavy atom. The lowest BCUT2D eigenvalue weighted by molar-refractivity contribution is 0.155. The smallest absolute Gasteiger partial charge is 0.110 e. The summed E-state index contributed by atoms with van der Waals surface area (Å²) in [5.74, 6) is 0.568. The quantitative estimate of drug-likeness (QED) is 0.462. The Morgan fingerprint density at radius 2 is 2.11 bits per heavy atom. The minimum absolute atomic E-state index is 0.568. The van der Waals surface area contributed by atoms with Crippen LogP contribution < -0.4 is 5.48 Å². The average molecular weight is 129 g/mol. The van der Waals surface area contributed by atoms with E-state index in [2.05, 4.69) is 19.3 Å². The van der Waals surface area contributed by atoms with Gasteiger partial charge in [0.15, 0.2) is 0 Å². The van der Waals surface area contributed by atoms with E-state index in [9.17, 15) is 0 Å². The molecule has 0 fully saturated rings. The van der Waals surface area contributed by atoms with E-state index >= 15 is 0 Å². The fraction of sp³-hybridized carbons (Fsp3) is 0.714. The summed E-state index contributed by atoms with van der Waals surface area (Å²) in [5.41, 5.74) is 3.82. The molecule has 0 atom stereocenters. The Morgan fingerprint density at radius 1 is 1.56 bits per heavy atom.